The molecule has 8 nitrogen and oxygen atoms in total. The molecule has 2 atom stereocenters. The van der Waals surface area contributed by atoms with Gasteiger partial charge in [-0.25, -0.2) is 9.37 Å². The van der Waals surface area contributed by atoms with E-state index >= 15 is 0 Å². The number of amides is 2. The lowest BCUT2D eigenvalue weighted by molar-refractivity contribution is -0.123. The zero-order valence-electron chi connectivity index (χ0n) is 16.3. The van der Waals surface area contributed by atoms with Crippen LogP contribution >= 0.6 is 11.6 Å². The van der Waals surface area contributed by atoms with Crippen molar-refractivity contribution in [2.24, 2.45) is 0 Å². The fourth-order valence-electron chi connectivity index (χ4n) is 2.45. The molecule has 2 unspecified atom stereocenters. The van der Waals surface area contributed by atoms with Crippen LogP contribution in [0.2, 0.25) is 5.02 Å². The number of aromatic nitrogens is 1. The molecular weight excluding hydrogens is 427 g/mol. The van der Waals surface area contributed by atoms with Gasteiger partial charge in [-0.2, -0.15) is 5.26 Å². The zero-order chi connectivity index (χ0) is 22.8. The van der Waals surface area contributed by atoms with E-state index in [-0.39, 0.29) is 36.0 Å². The summed E-state index contributed by atoms with van der Waals surface area (Å²) in [5, 5.41) is 24.0. The summed E-state index contributed by atoms with van der Waals surface area (Å²) in [6.45, 7) is 3.16. The van der Waals surface area contributed by atoms with Gasteiger partial charge in [0.1, 0.15) is 23.3 Å². The lowest BCUT2D eigenvalue weighted by atomic mass is 10.1. The van der Waals surface area contributed by atoms with Crippen LogP contribution in [-0.4, -0.2) is 47.2 Å². The molecular formula is C21H20ClFN4O4. The van der Waals surface area contributed by atoms with Crippen molar-refractivity contribution in [1.82, 2.24) is 15.6 Å². The number of hydrogen-bond donors (Lipinski definition) is 3. The Balaban J connectivity index is 1.76. The number of hydrogen-bond acceptors (Lipinski definition) is 6. The molecule has 3 N–H and O–H groups in total. The molecule has 0 fully saturated rings. The van der Waals surface area contributed by atoms with Gasteiger partial charge in [-0.3, -0.25) is 9.59 Å². The summed E-state index contributed by atoms with van der Waals surface area (Å²) in [5.74, 6) is -1.53. The topological polar surface area (TPSA) is 124 Å². The second kappa shape index (κ2) is 11.6. The van der Waals surface area contributed by atoms with Crippen LogP contribution in [-0.2, 0) is 4.79 Å². The number of rotatable bonds is 10. The molecule has 1 aromatic carbocycles. The van der Waals surface area contributed by atoms with Gasteiger partial charge >= 0.3 is 0 Å². The number of nitriles is 1. The summed E-state index contributed by atoms with van der Waals surface area (Å²) < 4.78 is 18.6. The first-order valence-corrected chi connectivity index (χ1v) is 9.52. The van der Waals surface area contributed by atoms with E-state index in [1.807, 2.05) is 6.07 Å². The molecule has 162 valence electrons. The average molecular weight is 447 g/mol. The second-order valence-corrected chi connectivity index (χ2v) is 6.82. The van der Waals surface area contributed by atoms with E-state index in [0.29, 0.717) is 5.56 Å². The molecule has 2 aromatic rings. The lowest BCUT2D eigenvalue weighted by Crippen LogP contribution is -2.41. The van der Waals surface area contributed by atoms with Gasteiger partial charge in [-0.15, -0.1) is 6.58 Å². The first kappa shape index (κ1) is 23.8. The highest BCUT2D eigenvalue weighted by molar-refractivity contribution is 6.30. The normalized spacial score (nSPS) is 12.2. The fraction of sp³-hybridized carbons (Fsp3) is 0.238. The van der Waals surface area contributed by atoms with E-state index < -0.39 is 29.8 Å². The molecule has 1 aromatic heterocycles. The monoisotopic (exact) mass is 446 g/mol. The Labute approximate surface area is 183 Å². The maximum atomic E-state index is 13.4. The highest BCUT2D eigenvalue weighted by Crippen LogP contribution is 2.20. The van der Waals surface area contributed by atoms with Crippen LogP contribution in [0, 0.1) is 17.1 Å². The molecule has 1 heterocycles. The molecule has 0 saturated carbocycles. The summed E-state index contributed by atoms with van der Waals surface area (Å²) in [7, 11) is 0. The number of halogens is 2. The van der Waals surface area contributed by atoms with Crippen LogP contribution in [0.1, 0.15) is 22.5 Å². The Morgan fingerprint density at radius 1 is 1.39 bits per heavy atom. The smallest absolute Gasteiger partial charge is 0.269 e. The number of ether oxygens (including phenoxy) is 1. The Morgan fingerprint density at radius 2 is 2.16 bits per heavy atom. The summed E-state index contributed by atoms with van der Waals surface area (Å²) in [5.41, 5.74) is 0.432. The van der Waals surface area contributed by atoms with E-state index in [0.717, 1.165) is 6.07 Å². The Kier molecular flexibility index (Phi) is 8.94. The largest absolute Gasteiger partial charge is 0.484 e. The molecule has 10 heteroatoms. The molecule has 0 spiro atoms. The van der Waals surface area contributed by atoms with Crippen molar-refractivity contribution >= 4 is 23.4 Å². The third-order valence-electron chi connectivity index (χ3n) is 4.04. The van der Waals surface area contributed by atoms with Crippen molar-refractivity contribution in [3.63, 3.8) is 0 Å². The standard InChI is InChI=1S/C21H20ClFN4O4/c1-2-14(27-20(29)12-31-16-4-5-17(22)18(23)8-16)7-15(28)11-26-21(30)19-6-3-13(9-24)10-25-19/h2-6,8,10,14-15,28H,1,7,11-12H2,(H,26,30)(H,27,29). The second-order valence-electron chi connectivity index (χ2n) is 6.42. The van der Waals surface area contributed by atoms with Crippen molar-refractivity contribution in [3.05, 3.63) is 71.3 Å². The van der Waals surface area contributed by atoms with E-state index in [1.54, 1.807) is 0 Å². The first-order valence-electron chi connectivity index (χ1n) is 9.14. The predicted octanol–water partition coefficient (Wildman–Crippen LogP) is 1.98. The van der Waals surface area contributed by atoms with Gasteiger partial charge in [0.2, 0.25) is 0 Å². The van der Waals surface area contributed by atoms with Crippen molar-refractivity contribution in [2.45, 2.75) is 18.6 Å². The number of benzene rings is 1. The number of aliphatic hydroxyl groups is 1. The van der Waals surface area contributed by atoms with Gasteiger partial charge in [-0.05, 0) is 30.7 Å². The van der Waals surface area contributed by atoms with Crippen LogP contribution < -0.4 is 15.4 Å². The molecule has 0 aliphatic rings. The third-order valence-corrected chi connectivity index (χ3v) is 4.35. The molecule has 2 amide bonds. The minimum Gasteiger partial charge on any atom is -0.484 e. The third kappa shape index (κ3) is 7.70. The van der Waals surface area contributed by atoms with Crippen molar-refractivity contribution < 1.29 is 23.8 Å². The molecule has 0 aliphatic heterocycles. The fourth-order valence-corrected chi connectivity index (χ4v) is 2.57. The van der Waals surface area contributed by atoms with Crippen molar-refractivity contribution in [2.75, 3.05) is 13.2 Å². The molecule has 0 aliphatic carbocycles. The Hall–Kier alpha value is -3.48. The lowest BCUT2D eigenvalue weighted by Gasteiger charge is -2.19. The molecule has 2 rings (SSSR count). The highest BCUT2D eigenvalue weighted by Gasteiger charge is 2.16. The quantitative estimate of drug-likeness (QED) is 0.479. The summed E-state index contributed by atoms with van der Waals surface area (Å²) >= 11 is 5.59. The number of nitrogens with one attached hydrogen (secondary N) is 2. The summed E-state index contributed by atoms with van der Waals surface area (Å²) in [4.78, 5) is 27.9. The molecule has 31 heavy (non-hydrogen) atoms. The number of carbonyl (C=O) groups is 2. The van der Waals surface area contributed by atoms with E-state index in [1.165, 1.54) is 36.5 Å². The van der Waals surface area contributed by atoms with E-state index in [9.17, 15) is 19.1 Å². The van der Waals surface area contributed by atoms with Gasteiger partial charge in [-0.1, -0.05) is 17.7 Å². The van der Waals surface area contributed by atoms with Crippen LogP contribution in [0.5, 0.6) is 5.75 Å². The predicted molar refractivity (Wildman–Crippen MR) is 111 cm³/mol. The van der Waals surface area contributed by atoms with Crippen molar-refractivity contribution in [1.29, 1.82) is 5.26 Å². The number of pyridine rings is 1. The van der Waals surface area contributed by atoms with Gasteiger partial charge in [0.05, 0.1) is 16.7 Å². The molecule has 0 bridgehead atoms. The van der Waals surface area contributed by atoms with Gasteiger partial charge in [0.25, 0.3) is 11.8 Å². The van der Waals surface area contributed by atoms with Crippen molar-refractivity contribution in [3.8, 4) is 11.8 Å². The maximum absolute atomic E-state index is 13.4. The molecule has 0 saturated heterocycles. The maximum Gasteiger partial charge on any atom is 0.269 e. The Bertz CT molecular complexity index is 978. The number of carbonyl (C=O) groups excluding carboxylic acids is 2. The summed E-state index contributed by atoms with van der Waals surface area (Å²) in [6, 6.07) is 7.99. The van der Waals surface area contributed by atoms with Crippen LogP contribution in [0.25, 0.3) is 0 Å². The van der Waals surface area contributed by atoms with Gasteiger partial charge in [0.15, 0.2) is 6.61 Å². The van der Waals surface area contributed by atoms with E-state index in [2.05, 4.69) is 22.2 Å². The van der Waals surface area contributed by atoms with Gasteiger partial charge in [0, 0.05) is 24.8 Å². The van der Waals surface area contributed by atoms with Crippen LogP contribution in [0.3, 0.4) is 0 Å². The number of nitrogens with zero attached hydrogens (tertiary/aromatic N) is 2. The van der Waals surface area contributed by atoms with Crippen LogP contribution in [0.15, 0.2) is 49.2 Å². The minimum atomic E-state index is -0.975. The Morgan fingerprint density at radius 3 is 2.77 bits per heavy atom. The molecule has 0 radical (unpaired) electrons. The van der Waals surface area contributed by atoms with Crippen LogP contribution in [0.4, 0.5) is 4.39 Å². The summed E-state index contributed by atoms with van der Waals surface area (Å²) in [6.07, 6.45) is 1.82. The first-order chi connectivity index (χ1) is 14.8. The average Bonchev–Trinajstić information content (AvgIpc) is 2.77. The number of aliphatic hydroxyl groups excluding tert-OH is 1. The highest BCUT2D eigenvalue weighted by atomic mass is 35.5. The van der Waals surface area contributed by atoms with E-state index in [4.69, 9.17) is 21.6 Å². The zero-order valence-corrected chi connectivity index (χ0v) is 17.1. The SMILES string of the molecule is C=CC(CC(O)CNC(=O)c1ccc(C#N)cn1)NC(=O)COc1ccc(Cl)c(F)c1. The van der Waals surface area contributed by atoms with Gasteiger partial charge < -0.3 is 20.5 Å². The minimum absolute atomic E-state index is 0.0560.